The first-order valence-corrected chi connectivity index (χ1v) is 15.7. The first kappa shape index (κ1) is 32.7. The van der Waals surface area contributed by atoms with Crippen LogP contribution in [-0.4, -0.2) is 41.1 Å². The van der Waals surface area contributed by atoms with E-state index in [1.807, 2.05) is 6.92 Å². The highest BCUT2D eigenvalue weighted by atomic mass is 79.9. The van der Waals surface area contributed by atoms with Gasteiger partial charge in [0.25, 0.3) is 11.1 Å². The number of hydrogen-bond acceptors (Lipinski definition) is 7. The number of amides is 3. The van der Waals surface area contributed by atoms with Gasteiger partial charge in [0.1, 0.15) is 24.7 Å². The maximum atomic E-state index is 14.0. The van der Waals surface area contributed by atoms with Crippen molar-refractivity contribution >= 4 is 90.0 Å². The Hall–Kier alpha value is -3.19. The zero-order valence-electron chi connectivity index (χ0n) is 22.6. The number of esters is 1. The molecule has 1 aliphatic heterocycles. The first-order chi connectivity index (χ1) is 20.6. The summed E-state index contributed by atoms with van der Waals surface area (Å²) in [6, 6.07) is 14.0. The maximum Gasteiger partial charge on any atom is 0.339 e. The summed E-state index contributed by atoms with van der Waals surface area (Å²) in [7, 11) is 0. The third kappa shape index (κ3) is 8.47. The predicted octanol–water partition coefficient (Wildman–Crippen LogP) is 8.22. The van der Waals surface area contributed by atoms with E-state index < -0.39 is 29.6 Å². The molecule has 0 aromatic heterocycles. The molecule has 1 heterocycles. The van der Waals surface area contributed by atoms with Crippen molar-refractivity contribution in [2.75, 3.05) is 18.5 Å². The summed E-state index contributed by atoms with van der Waals surface area (Å²) in [5, 5.41) is 2.14. The Labute approximate surface area is 273 Å². The highest BCUT2D eigenvalue weighted by Gasteiger charge is 2.36. The molecule has 1 fully saturated rings. The predicted molar refractivity (Wildman–Crippen MR) is 171 cm³/mol. The van der Waals surface area contributed by atoms with E-state index in [2.05, 4.69) is 37.2 Å². The Morgan fingerprint density at radius 1 is 1.09 bits per heavy atom. The second-order valence-electron chi connectivity index (χ2n) is 9.19. The monoisotopic (exact) mass is 752 g/mol. The molecule has 3 amide bonds. The molecule has 0 saturated carbocycles. The van der Waals surface area contributed by atoms with Gasteiger partial charge in [-0.1, -0.05) is 43.1 Å². The Bertz CT molecular complexity index is 1600. The minimum atomic E-state index is -0.641. The van der Waals surface area contributed by atoms with Gasteiger partial charge in [0, 0.05) is 11.3 Å². The van der Waals surface area contributed by atoms with Crippen molar-refractivity contribution in [3.63, 3.8) is 0 Å². The summed E-state index contributed by atoms with van der Waals surface area (Å²) in [5.74, 6) is -1.83. The van der Waals surface area contributed by atoms with Gasteiger partial charge < -0.3 is 14.8 Å². The van der Waals surface area contributed by atoms with Crippen molar-refractivity contribution in [2.45, 2.75) is 26.4 Å². The molecule has 0 bridgehead atoms. The molecule has 0 spiro atoms. The number of benzene rings is 3. The number of thioether (sulfide) groups is 1. The van der Waals surface area contributed by atoms with Crippen LogP contribution in [0.5, 0.6) is 5.75 Å². The normalized spacial score (nSPS) is 13.9. The van der Waals surface area contributed by atoms with Gasteiger partial charge >= 0.3 is 5.97 Å². The quantitative estimate of drug-likeness (QED) is 0.120. The SMILES string of the molecule is CCCCOC(=O)c1cc(NC(=O)CN2C(=O)S/C(=C/c3cc(Br)c(OCc4ccccc4F)c(Br)c3)C2=O)ccc1Cl. The highest BCUT2D eigenvalue weighted by molar-refractivity contribution is 9.11. The van der Waals surface area contributed by atoms with E-state index in [1.54, 1.807) is 30.3 Å². The van der Waals surface area contributed by atoms with Crippen LogP contribution in [0.4, 0.5) is 14.9 Å². The van der Waals surface area contributed by atoms with Crippen LogP contribution in [0.1, 0.15) is 41.3 Å². The molecular formula is C30H24Br2ClFN2O6S. The molecule has 1 saturated heterocycles. The largest absolute Gasteiger partial charge is 0.486 e. The van der Waals surface area contributed by atoms with E-state index in [0.717, 1.165) is 11.3 Å². The van der Waals surface area contributed by atoms with Crippen LogP contribution in [0.2, 0.25) is 5.02 Å². The van der Waals surface area contributed by atoms with Crippen LogP contribution in [0, 0.1) is 5.82 Å². The van der Waals surface area contributed by atoms with Crippen molar-refractivity contribution in [2.24, 2.45) is 0 Å². The maximum absolute atomic E-state index is 14.0. The standard InChI is InChI=1S/C30H24Br2ClFN2O6S/c1-2-3-10-41-29(39)20-14-19(8-9-23(20)33)35-26(37)15-36-28(38)25(43-30(36)40)13-17-11-21(31)27(22(32)12-17)42-16-18-6-4-5-7-24(18)34/h4-9,11-14H,2-3,10,15-16H2,1H3,(H,35,37)/b25-13+. The van der Waals surface area contributed by atoms with E-state index in [-0.39, 0.29) is 40.2 Å². The second kappa shape index (κ2) is 15.0. The van der Waals surface area contributed by atoms with Crippen molar-refractivity contribution < 1.29 is 33.0 Å². The minimum absolute atomic E-state index is 0.00451. The average Bonchev–Trinajstić information content (AvgIpc) is 3.21. The van der Waals surface area contributed by atoms with Gasteiger partial charge in [-0.2, -0.15) is 0 Å². The van der Waals surface area contributed by atoms with Crippen molar-refractivity contribution in [1.29, 1.82) is 0 Å². The third-order valence-corrected chi connectivity index (χ3v) is 8.44. The summed E-state index contributed by atoms with van der Waals surface area (Å²) in [6.07, 6.45) is 3.08. The molecule has 4 rings (SSSR count). The number of unbranched alkanes of at least 4 members (excludes halogenated alkanes) is 1. The van der Waals surface area contributed by atoms with E-state index in [1.165, 1.54) is 30.3 Å². The van der Waals surface area contributed by atoms with Crippen molar-refractivity contribution in [1.82, 2.24) is 4.90 Å². The number of anilines is 1. The lowest BCUT2D eigenvalue weighted by Gasteiger charge is -2.13. The van der Waals surface area contributed by atoms with E-state index in [9.17, 15) is 23.6 Å². The number of rotatable bonds is 11. The number of carbonyl (C=O) groups excluding carboxylic acids is 4. The molecule has 0 atom stereocenters. The molecule has 3 aromatic rings. The zero-order valence-corrected chi connectivity index (χ0v) is 27.4. The van der Waals surface area contributed by atoms with Gasteiger partial charge in [-0.05, 0) is 98.1 Å². The fourth-order valence-electron chi connectivity index (χ4n) is 3.84. The van der Waals surface area contributed by atoms with Gasteiger partial charge in [-0.15, -0.1) is 0 Å². The summed E-state index contributed by atoms with van der Waals surface area (Å²) in [4.78, 5) is 51.7. The average molecular weight is 755 g/mol. The molecule has 1 N–H and O–H groups in total. The summed E-state index contributed by atoms with van der Waals surface area (Å²) < 4.78 is 26.0. The molecule has 13 heteroatoms. The lowest BCUT2D eigenvalue weighted by Crippen LogP contribution is -2.36. The van der Waals surface area contributed by atoms with E-state index in [0.29, 0.717) is 44.0 Å². The van der Waals surface area contributed by atoms with E-state index >= 15 is 0 Å². The van der Waals surface area contributed by atoms with Crippen LogP contribution in [0.3, 0.4) is 0 Å². The minimum Gasteiger partial charge on any atom is -0.486 e. The molecule has 43 heavy (non-hydrogen) atoms. The molecule has 0 radical (unpaired) electrons. The van der Waals surface area contributed by atoms with Crippen molar-refractivity contribution in [3.05, 3.63) is 96.0 Å². The fourth-order valence-corrected chi connectivity index (χ4v) is 6.33. The highest BCUT2D eigenvalue weighted by Crippen LogP contribution is 2.38. The van der Waals surface area contributed by atoms with Crippen LogP contribution in [0.15, 0.2) is 68.4 Å². The Morgan fingerprint density at radius 2 is 1.81 bits per heavy atom. The van der Waals surface area contributed by atoms with Gasteiger partial charge in [-0.25, -0.2) is 9.18 Å². The molecule has 0 aliphatic carbocycles. The lowest BCUT2D eigenvalue weighted by atomic mass is 10.2. The number of nitrogens with zero attached hydrogens (tertiary/aromatic N) is 1. The number of nitrogens with one attached hydrogen (secondary N) is 1. The Balaban J connectivity index is 1.41. The number of ether oxygens (including phenoxy) is 2. The van der Waals surface area contributed by atoms with E-state index in [4.69, 9.17) is 21.1 Å². The third-order valence-electron chi connectivity index (χ3n) is 6.02. The second-order valence-corrected chi connectivity index (χ2v) is 12.3. The number of carbonyl (C=O) groups is 4. The molecule has 3 aromatic carbocycles. The summed E-state index contributed by atoms with van der Waals surface area (Å²) in [5.41, 5.74) is 1.31. The van der Waals surface area contributed by atoms with Crippen molar-refractivity contribution in [3.8, 4) is 5.75 Å². The van der Waals surface area contributed by atoms with Crippen LogP contribution in [0.25, 0.3) is 6.08 Å². The fraction of sp³-hybridized carbons (Fsp3) is 0.200. The molecular weight excluding hydrogens is 731 g/mol. The molecule has 224 valence electrons. The molecule has 1 aliphatic rings. The van der Waals surface area contributed by atoms with Gasteiger partial charge in [-0.3, -0.25) is 19.3 Å². The number of hydrogen-bond donors (Lipinski definition) is 1. The van der Waals surface area contributed by atoms with Gasteiger partial charge in [0.05, 0.1) is 31.0 Å². The first-order valence-electron chi connectivity index (χ1n) is 12.9. The summed E-state index contributed by atoms with van der Waals surface area (Å²) >= 11 is 13.7. The van der Waals surface area contributed by atoms with Crippen LogP contribution >= 0.6 is 55.2 Å². The Morgan fingerprint density at radius 3 is 2.51 bits per heavy atom. The topological polar surface area (TPSA) is 102 Å². The molecule has 0 unspecified atom stereocenters. The number of imide groups is 1. The Kier molecular flexibility index (Phi) is 11.4. The lowest BCUT2D eigenvalue weighted by molar-refractivity contribution is -0.127. The number of halogens is 4. The van der Waals surface area contributed by atoms with Crippen LogP contribution < -0.4 is 10.1 Å². The van der Waals surface area contributed by atoms with Gasteiger partial charge in [0.15, 0.2) is 0 Å². The van der Waals surface area contributed by atoms with Crippen LogP contribution in [-0.2, 0) is 20.9 Å². The van der Waals surface area contributed by atoms with Gasteiger partial charge in [0.2, 0.25) is 5.91 Å². The summed E-state index contributed by atoms with van der Waals surface area (Å²) in [6.45, 7) is 1.69. The zero-order chi connectivity index (χ0) is 31.1. The molecule has 8 nitrogen and oxygen atoms in total. The smallest absolute Gasteiger partial charge is 0.339 e.